The number of benzene rings is 2. The van der Waals surface area contributed by atoms with Crippen molar-refractivity contribution in [3.8, 4) is 0 Å². The molecule has 0 saturated carbocycles. The Labute approximate surface area is 172 Å². The van der Waals surface area contributed by atoms with Crippen molar-refractivity contribution >= 4 is 41.0 Å². The van der Waals surface area contributed by atoms with Gasteiger partial charge in [-0.15, -0.1) is 0 Å². The molecule has 28 heavy (non-hydrogen) atoms. The minimum atomic E-state index is -1.03. The van der Waals surface area contributed by atoms with Crippen molar-refractivity contribution in [2.45, 2.75) is 26.0 Å². The number of esters is 2. The van der Waals surface area contributed by atoms with Crippen LogP contribution in [-0.2, 0) is 14.3 Å². The number of ether oxygens (including phenoxy) is 2. The Morgan fingerprint density at radius 3 is 2.04 bits per heavy atom. The average Bonchev–Trinajstić information content (AvgIpc) is 2.67. The van der Waals surface area contributed by atoms with Crippen LogP contribution in [0.5, 0.6) is 0 Å². The second-order valence-corrected chi connectivity index (χ2v) is 6.86. The molecular formula is C20H19Cl2NO5. The van der Waals surface area contributed by atoms with Gasteiger partial charge in [0.2, 0.25) is 0 Å². The number of nitrogens with one attached hydrogen (secondary N) is 1. The molecule has 0 spiro atoms. The highest BCUT2D eigenvalue weighted by Crippen LogP contribution is 2.26. The lowest BCUT2D eigenvalue weighted by atomic mass is 10.1. The minimum absolute atomic E-state index is 0.209. The number of hydrogen-bond acceptors (Lipinski definition) is 5. The molecule has 8 heteroatoms. The van der Waals surface area contributed by atoms with Crippen molar-refractivity contribution < 1.29 is 23.9 Å². The number of rotatable bonds is 6. The highest BCUT2D eigenvalue weighted by atomic mass is 35.5. The maximum atomic E-state index is 12.3. The van der Waals surface area contributed by atoms with Gasteiger partial charge in [-0.05, 0) is 55.8 Å². The van der Waals surface area contributed by atoms with Crippen molar-refractivity contribution in [2.75, 3.05) is 7.11 Å². The first-order valence-corrected chi connectivity index (χ1v) is 9.13. The third kappa shape index (κ3) is 5.47. The standard InChI is InChI=1S/C20H19Cl2NO5/c1-11(16-9-8-15(21)10-17(16)22)23-18(24)12(2)28-20(26)14-6-4-13(5-7-14)19(25)27-3/h4-12H,1-3H3,(H,23,24). The van der Waals surface area contributed by atoms with Crippen LogP contribution in [0.3, 0.4) is 0 Å². The normalized spacial score (nSPS) is 12.6. The van der Waals surface area contributed by atoms with Crippen molar-refractivity contribution in [2.24, 2.45) is 0 Å². The smallest absolute Gasteiger partial charge is 0.338 e. The molecule has 2 aromatic carbocycles. The van der Waals surface area contributed by atoms with Gasteiger partial charge in [-0.1, -0.05) is 29.3 Å². The van der Waals surface area contributed by atoms with Gasteiger partial charge in [-0.2, -0.15) is 0 Å². The third-order valence-electron chi connectivity index (χ3n) is 3.98. The van der Waals surface area contributed by atoms with E-state index in [2.05, 4.69) is 10.1 Å². The summed E-state index contributed by atoms with van der Waals surface area (Å²) in [5.74, 6) is -1.67. The van der Waals surface area contributed by atoms with Crippen LogP contribution in [0.1, 0.15) is 46.2 Å². The number of carbonyl (C=O) groups is 3. The quantitative estimate of drug-likeness (QED) is 0.703. The number of halogens is 2. The zero-order chi connectivity index (χ0) is 20.8. The number of carbonyl (C=O) groups excluding carboxylic acids is 3. The Morgan fingerprint density at radius 2 is 1.50 bits per heavy atom. The first-order valence-electron chi connectivity index (χ1n) is 8.37. The van der Waals surface area contributed by atoms with Gasteiger partial charge in [0.25, 0.3) is 5.91 Å². The van der Waals surface area contributed by atoms with Gasteiger partial charge >= 0.3 is 11.9 Å². The van der Waals surface area contributed by atoms with Gasteiger partial charge in [-0.25, -0.2) is 9.59 Å². The zero-order valence-corrected chi connectivity index (χ0v) is 17.0. The van der Waals surface area contributed by atoms with E-state index in [-0.39, 0.29) is 5.56 Å². The van der Waals surface area contributed by atoms with Crippen molar-refractivity contribution in [3.63, 3.8) is 0 Å². The van der Waals surface area contributed by atoms with Gasteiger partial charge in [0.15, 0.2) is 6.10 Å². The molecular weight excluding hydrogens is 405 g/mol. The molecule has 0 aliphatic carbocycles. The summed E-state index contributed by atoms with van der Waals surface area (Å²) < 4.78 is 9.79. The fraction of sp³-hybridized carbons (Fsp3) is 0.250. The second-order valence-electron chi connectivity index (χ2n) is 6.01. The van der Waals surface area contributed by atoms with Gasteiger partial charge < -0.3 is 14.8 Å². The van der Waals surface area contributed by atoms with E-state index in [1.807, 2.05) is 0 Å². The molecule has 2 unspecified atom stereocenters. The number of hydrogen-bond donors (Lipinski definition) is 1. The maximum Gasteiger partial charge on any atom is 0.338 e. The lowest BCUT2D eigenvalue weighted by Crippen LogP contribution is -2.37. The Kier molecular flexibility index (Phi) is 7.43. The van der Waals surface area contributed by atoms with Crippen LogP contribution >= 0.6 is 23.2 Å². The monoisotopic (exact) mass is 423 g/mol. The van der Waals surface area contributed by atoms with Crippen LogP contribution in [0.4, 0.5) is 0 Å². The molecule has 0 radical (unpaired) electrons. The van der Waals surface area contributed by atoms with E-state index in [4.69, 9.17) is 27.9 Å². The zero-order valence-electron chi connectivity index (χ0n) is 15.5. The molecule has 0 heterocycles. The minimum Gasteiger partial charge on any atom is -0.465 e. The van der Waals surface area contributed by atoms with Crippen LogP contribution in [-0.4, -0.2) is 31.1 Å². The highest BCUT2D eigenvalue weighted by Gasteiger charge is 2.22. The largest absolute Gasteiger partial charge is 0.465 e. The maximum absolute atomic E-state index is 12.3. The molecule has 0 saturated heterocycles. The highest BCUT2D eigenvalue weighted by molar-refractivity contribution is 6.35. The van der Waals surface area contributed by atoms with Crippen LogP contribution in [0, 0.1) is 0 Å². The Hall–Kier alpha value is -2.57. The molecule has 1 amide bonds. The molecule has 0 aromatic heterocycles. The van der Waals surface area contributed by atoms with E-state index in [1.54, 1.807) is 25.1 Å². The van der Waals surface area contributed by atoms with Gasteiger partial charge in [0.1, 0.15) is 0 Å². The third-order valence-corrected chi connectivity index (χ3v) is 4.54. The van der Waals surface area contributed by atoms with Gasteiger partial charge in [-0.3, -0.25) is 4.79 Å². The van der Waals surface area contributed by atoms with Crippen LogP contribution in [0.15, 0.2) is 42.5 Å². The lowest BCUT2D eigenvalue weighted by molar-refractivity contribution is -0.129. The fourth-order valence-electron chi connectivity index (χ4n) is 2.40. The van der Waals surface area contributed by atoms with E-state index < -0.39 is 30.0 Å². The summed E-state index contributed by atoms with van der Waals surface area (Å²) in [5.41, 5.74) is 1.20. The fourth-order valence-corrected chi connectivity index (χ4v) is 2.98. The van der Waals surface area contributed by atoms with Crippen LogP contribution in [0.25, 0.3) is 0 Å². The van der Waals surface area contributed by atoms with Gasteiger partial charge in [0.05, 0.1) is 24.3 Å². The summed E-state index contributed by atoms with van der Waals surface area (Å²) in [4.78, 5) is 36.0. The van der Waals surface area contributed by atoms with Crippen molar-refractivity contribution in [1.82, 2.24) is 5.32 Å². The molecule has 0 bridgehead atoms. The molecule has 1 N–H and O–H groups in total. The van der Waals surface area contributed by atoms with Crippen LogP contribution < -0.4 is 5.32 Å². The Morgan fingerprint density at radius 1 is 0.929 bits per heavy atom. The van der Waals surface area contributed by atoms with E-state index in [1.165, 1.54) is 38.3 Å². The lowest BCUT2D eigenvalue weighted by Gasteiger charge is -2.19. The molecule has 2 rings (SSSR count). The predicted molar refractivity (Wildman–Crippen MR) is 106 cm³/mol. The Bertz CT molecular complexity index is 883. The number of methoxy groups -OCH3 is 1. The molecule has 2 aromatic rings. The summed E-state index contributed by atoms with van der Waals surface area (Å²) in [7, 11) is 1.27. The predicted octanol–water partition coefficient (Wildman–Crippen LogP) is 4.20. The SMILES string of the molecule is COC(=O)c1ccc(C(=O)OC(C)C(=O)NC(C)c2ccc(Cl)cc2Cl)cc1. The Balaban J connectivity index is 1.97. The van der Waals surface area contributed by atoms with Crippen molar-refractivity contribution in [3.05, 3.63) is 69.2 Å². The average molecular weight is 424 g/mol. The summed E-state index contributed by atoms with van der Waals surface area (Å²) in [5, 5.41) is 3.66. The molecule has 6 nitrogen and oxygen atoms in total. The topological polar surface area (TPSA) is 81.7 Å². The molecule has 0 fully saturated rings. The van der Waals surface area contributed by atoms with E-state index >= 15 is 0 Å². The van der Waals surface area contributed by atoms with E-state index in [0.717, 1.165) is 0 Å². The van der Waals surface area contributed by atoms with Crippen LogP contribution in [0.2, 0.25) is 10.0 Å². The van der Waals surface area contributed by atoms with E-state index in [9.17, 15) is 14.4 Å². The second kappa shape index (κ2) is 9.57. The van der Waals surface area contributed by atoms with E-state index in [0.29, 0.717) is 21.2 Å². The molecule has 0 aliphatic rings. The summed E-state index contributed by atoms with van der Waals surface area (Å²) in [6.07, 6.45) is -1.03. The van der Waals surface area contributed by atoms with Crippen molar-refractivity contribution in [1.29, 1.82) is 0 Å². The summed E-state index contributed by atoms with van der Waals surface area (Å²) in [6.45, 7) is 3.22. The number of amides is 1. The summed E-state index contributed by atoms with van der Waals surface area (Å²) in [6, 6.07) is 10.3. The molecule has 148 valence electrons. The first kappa shape index (κ1) is 21.7. The summed E-state index contributed by atoms with van der Waals surface area (Å²) >= 11 is 12.0. The molecule has 2 atom stereocenters. The first-order chi connectivity index (χ1) is 13.2. The molecule has 0 aliphatic heterocycles. The van der Waals surface area contributed by atoms with Gasteiger partial charge in [0, 0.05) is 10.0 Å².